The van der Waals surface area contributed by atoms with Crippen molar-refractivity contribution in [1.29, 1.82) is 0 Å². The third-order valence-electron chi connectivity index (χ3n) is 5.51. The first-order valence-electron chi connectivity index (χ1n) is 5.20. The van der Waals surface area contributed by atoms with Crippen LogP contribution >= 0.6 is 27.5 Å². The lowest BCUT2D eigenvalue weighted by atomic mass is 9.45. The molecule has 0 aromatic heterocycles. The van der Waals surface area contributed by atoms with Crippen molar-refractivity contribution in [2.24, 2.45) is 28.6 Å². The summed E-state index contributed by atoms with van der Waals surface area (Å²) in [6.45, 7) is 7.22. The topological polar surface area (TPSA) is 0 Å². The van der Waals surface area contributed by atoms with Gasteiger partial charge in [0, 0.05) is 5.41 Å². The minimum atomic E-state index is -0.0623. The van der Waals surface area contributed by atoms with Crippen molar-refractivity contribution >= 4 is 27.5 Å². The number of halogens is 2. The fourth-order valence-corrected chi connectivity index (χ4v) is 5.85. The van der Waals surface area contributed by atoms with E-state index >= 15 is 0 Å². The van der Waals surface area contributed by atoms with E-state index in [4.69, 9.17) is 11.6 Å². The summed E-state index contributed by atoms with van der Waals surface area (Å²) in [5, 5.41) is 0. The fraction of sp³-hybridized carbons (Fsp3) is 1.00. The summed E-state index contributed by atoms with van der Waals surface area (Å²) in [6, 6.07) is 0. The molecule has 0 aliphatic heterocycles. The molecule has 0 aromatic rings. The van der Waals surface area contributed by atoms with Crippen LogP contribution in [0.4, 0.5) is 0 Å². The second kappa shape index (κ2) is 2.00. The Kier molecular flexibility index (Phi) is 1.39. The van der Waals surface area contributed by atoms with E-state index in [0.29, 0.717) is 10.8 Å². The lowest BCUT2D eigenvalue weighted by Crippen LogP contribution is -2.52. The van der Waals surface area contributed by atoms with Gasteiger partial charge in [0.25, 0.3) is 0 Å². The van der Waals surface area contributed by atoms with Gasteiger partial charge in [0.15, 0.2) is 0 Å². The van der Waals surface area contributed by atoms with Gasteiger partial charge in [0.05, 0.1) is 0 Å². The largest absolute Gasteiger partial charge is 0.109 e. The molecule has 0 unspecified atom stereocenters. The van der Waals surface area contributed by atoms with Crippen molar-refractivity contribution in [3.63, 3.8) is 0 Å². The maximum absolute atomic E-state index is 6.52. The van der Waals surface area contributed by atoms with Crippen LogP contribution in [-0.2, 0) is 0 Å². The fourth-order valence-electron chi connectivity index (χ4n) is 4.22. The van der Waals surface area contributed by atoms with Gasteiger partial charge in [-0.1, -0.05) is 36.7 Å². The van der Waals surface area contributed by atoms with Gasteiger partial charge >= 0.3 is 0 Å². The SMILES string of the molecule is CC1(C)[C@@H]2C[C@@H]3[C@](C)([C@H]1C2)[C@@]3(Cl)Br. The molecule has 2 heteroatoms. The van der Waals surface area contributed by atoms with Crippen LogP contribution in [0.5, 0.6) is 0 Å². The maximum Gasteiger partial charge on any atom is 0.109 e. The highest BCUT2D eigenvalue weighted by Crippen LogP contribution is 2.85. The van der Waals surface area contributed by atoms with Gasteiger partial charge in [-0.25, -0.2) is 0 Å². The van der Waals surface area contributed by atoms with Gasteiger partial charge in [-0.15, -0.1) is 11.6 Å². The minimum absolute atomic E-state index is 0.0623. The zero-order valence-corrected chi connectivity index (χ0v) is 10.7. The standard InChI is InChI=1S/C11H16BrCl/c1-9(2)6-4-7(9)10(3)8(5-6)11(10,12)13/h6-8H,4-5H2,1-3H3/t6-,7-,8+,10-,11+/m0/s1. The molecule has 0 aromatic carbocycles. The van der Waals surface area contributed by atoms with Crippen molar-refractivity contribution in [2.45, 2.75) is 37.4 Å². The molecular formula is C11H16BrCl. The second-order valence-electron chi connectivity index (χ2n) is 6.00. The van der Waals surface area contributed by atoms with E-state index in [2.05, 4.69) is 36.7 Å². The van der Waals surface area contributed by atoms with Crippen LogP contribution in [0.25, 0.3) is 0 Å². The number of rotatable bonds is 0. The smallest absolute Gasteiger partial charge is 0.106 e. The summed E-state index contributed by atoms with van der Waals surface area (Å²) in [4.78, 5) is 0. The predicted molar refractivity (Wildman–Crippen MR) is 59.1 cm³/mol. The predicted octanol–water partition coefficient (Wildman–Crippen LogP) is 4.02. The van der Waals surface area contributed by atoms with E-state index in [1.54, 1.807) is 0 Å². The van der Waals surface area contributed by atoms with Crippen LogP contribution in [-0.4, -0.2) is 3.78 Å². The van der Waals surface area contributed by atoms with Gasteiger partial charge in [-0.2, -0.15) is 0 Å². The molecule has 4 rings (SSSR count). The molecule has 74 valence electrons. The molecule has 0 nitrogen and oxygen atoms in total. The quantitative estimate of drug-likeness (QED) is 0.579. The van der Waals surface area contributed by atoms with Crippen molar-refractivity contribution in [2.75, 3.05) is 0 Å². The molecule has 4 saturated carbocycles. The minimum Gasteiger partial charge on any atom is -0.106 e. The summed E-state index contributed by atoms with van der Waals surface area (Å²) in [5.74, 6) is 2.52. The number of hydrogen-bond donors (Lipinski definition) is 0. The Balaban J connectivity index is 2.01. The Labute approximate surface area is 93.5 Å². The zero-order chi connectivity index (χ0) is 9.65. The third-order valence-corrected chi connectivity index (χ3v) is 7.59. The third kappa shape index (κ3) is 0.707. The molecule has 0 heterocycles. The Morgan fingerprint density at radius 2 is 1.69 bits per heavy atom. The Hall–Kier alpha value is 0.770. The highest BCUT2D eigenvalue weighted by Gasteiger charge is 2.82. The van der Waals surface area contributed by atoms with E-state index in [-0.39, 0.29) is 3.78 Å². The van der Waals surface area contributed by atoms with Gasteiger partial charge in [0.1, 0.15) is 3.78 Å². The molecule has 0 N–H and O–H groups in total. The first-order chi connectivity index (χ1) is 5.83. The first-order valence-corrected chi connectivity index (χ1v) is 6.38. The zero-order valence-electron chi connectivity index (χ0n) is 8.40. The molecule has 5 atom stereocenters. The molecule has 2 bridgehead atoms. The molecule has 0 spiro atoms. The van der Waals surface area contributed by atoms with Crippen LogP contribution in [0.2, 0.25) is 0 Å². The molecular weight excluding hydrogens is 247 g/mol. The lowest BCUT2D eigenvalue weighted by Gasteiger charge is -2.59. The molecule has 13 heavy (non-hydrogen) atoms. The highest BCUT2D eigenvalue weighted by molar-refractivity contribution is 9.10. The van der Waals surface area contributed by atoms with E-state index in [1.165, 1.54) is 12.8 Å². The summed E-state index contributed by atoms with van der Waals surface area (Å²) in [6.07, 6.45) is 2.76. The molecule has 4 fully saturated rings. The normalized spacial score (nSPS) is 66.7. The van der Waals surface area contributed by atoms with E-state index < -0.39 is 0 Å². The summed E-state index contributed by atoms with van der Waals surface area (Å²) >= 11 is 10.2. The average Bonchev–Trinajstić information content (AvgIpc) is 2.46. The van der Waals surface area contributed by atoms with Crippen molar-refractivity contribution < 1.29 is 0 Å². The Morgan fingerprint density at radius 3 is 2.08 bits per heavy atom. The van der Waals surface area contributed by atoms with Crippen LogP contribution in [0.15, 0.2) is 0 Å². The Morgan fingerprint density at radius 1 is 1.15 bits per heavy atom. The highest BCUT2D eigenvalue weighted by atomic mass is 79.9. The average molecular weight is 264 g/mol. The van der Waals surface area contributed by atoms with E-state index in [9.17, 15) is 0 Å². The number of hydrogen-bond acceptors (Lipinski definition) is 0. The summed E-state index contributed by atoms with van der Waals surface area (Å²) in [5.41, 5.74) is 0.933. The summed E-state index contributed by atoms with van der Waals surface area (Å²) < 4.78 is -0.0623. The van der Waals surface area contributed by atoms with Crippen LogP contribution < -0.4 is 0 Å². The summed E-state index contributed by atoms with van der Waals surface area (Å²) in [7, 11) is 0. The monoisotopic (exact) mass is 262 g/mol. The molecule has 0 amide bonds. The van der Waals surface area contributed by atoms with E-state index in [1.807, 2.05) is 0 Å². The maximum atomic E-state index is 6.52. The van der Waals surface area contributed by atoms with Crippen LogP contribution in [0.3, 0.4) is 0 Å². The van der Waals surface area contributed by atoms with Crippen molar-refractivity contribution in [1.82, 2.24) is 0 Å². The lowest BCUT2D eigenvalue weighted by molar-refractivity contribution is -0.106. The second-order valence-corrected chi connectivity index (χ2v) is 8.30. The van der Waals surface area contributed by atoms with Gasteiger partial charge in [0.2, 0.25) is 0 Å². The van der Waals surface area contributed by atoms with Gasteiger partial charge in [-0.3, -0.25) is 0 Å². The molecule has 4 aliphatic carbocycles. The van der Waals surface area contributed by atoms with Crippen molar-refractivity contribution in [3.05, 3.63) is 0 Å². The molecule has 0 radical (unpaired) electrons. The van der Waals surface area contributed by atoms with Crippen molar-refractivity contribution in [3.8, 4) is 0 Å². The Bertz CT molecular complexity index is 282. The molecule has 0 saturated heterocycles. The van der Waals surface area contributed by atoms with E-state index in [0.717, 1.165) is 17.8 Å². The first kappa shape index (κ1) is 9.03. The van der Waals surface area contributed by atoms with Crippen LogP contribution in [0, 0.1) is 28.6 Å². The molecule has 4 aliphatic rings. The van der Waals surface area contributed by atoms with Gasteiger partial charge < -0.3 is 0 Å². The van der Waals surface area contributed by atoms with Crippen LogP contribution in [0.1, 0.15) is 33.6 Å². The number of alkyl halides is 2. The van der Waals surface area contributed by atoms with Gasteiger partial charge in [-0.05, 0) is 36.0 Å².